The molecule has 1 aliphatic heterocycles. The molecule has 1 aliphatic rings. The largest absolute Gasteiger partial charge is 0.381 e. The van der Waals surface area contributed by atoms with Gasteiger partial charge >= 0.3 is 0 Å². The van der Waals surface area contributed by atoms with Crippen molar-refractivity contribution in [3.8, 4) is 0 Å². The molecule has 2 N–H and O–H groups in total. The molecule has 1 atom stereocenters. The molecule has 1 saturated heterocycles. The molecule has 0 aromatic carbocycles. The summed E-state index contributed by atoms with van der Waals surface area (Å²) in [6.07, 6.45) is 2.22. The van der Waals surface area contributed by atoms with E-state index in [1.165, 1.54) is 11.0 Å². The zero-order chi connectivity index (χ0) is 11.0. The van der Waals surface area contributed by atoms with Crippen LogP contribution in [0.5, 0.6) is 0 Å². The Labute approximate surface area is 88.0 Å². The Balaban J connectivity index is 2.17. The second kappa shape index (κ2) is 3.52. The van der Waals surface area contributed by atoms with E-state index in [0.29, 0.717) is 5.82 Å². The van der Waals surface area contributed by atoms with Gasteiger partial charge < -0.3 is 10.6 Å². The van der Waals surface area contributed by atoms with E-state index in [-0.39, 0.29) is 18.0 Å². The number of amides is 1. The van der Waals surface area contributed by atoms with Gasteiger partial charge in [0.1, 0.15) is 0 Å². The molecule has 1 fully saturated rings. The Kier molecular flexibility index (Phi) is 2.34. The second-order valence-corrected chi connectivity index (χ2v) is 4.02. The molecule has 0 spiro atoms. The fraction of sp³-hybridized carbons (Fsp3) is 0.667. The maximum absolute atomic E-state index is 11.9. The highest BCUT2D eigenvalue weighted by Gasteiger charge is 2.35. The molecule has 1 aromatic heterocycles. The topological polar surface area (TPSA) is 77.0 Å². The molecule has 6 heteroatoms. The Morgan fingerprint density at radius 2 is 2.33 bits per heavy atom. The molecule has 0 aliphatic carbocycles. The molecule has 6 nitrogen and oxygen atoms in total. The lowest BCUT2D eigenvalue weighted by Gasteiger charge is -2.20. The van der Waals surface area contributed by atoms with Crippen LogP contribution in [0.25, 0.3) is 0 Å². The summed E-state index contributed by atoms with van der Waals surface area (Å²) in [6.45, 7) is 4.78. The number of hydrogen-bond acceptors (Lipinski definition) is 4. The lowest BCUT2D eigenvalue weighted by Crippen LogP contribution is -2.34. The van der Waals surface area contributed by atoms with Crippen LogP contribution in [0.3, 0.4) is 0 Å². The number of nitrogens with two attached hydrogens (primary N) is 1. The molecule has 0 saturated carbocycles. The number of anilines is 1. The molecule has 82 valence electrons. The predicted molar refractivity (Wildman–Crippen MR) is 54.9 cm³/mol. The number of carbonyl (C=O) groups is 1. The number of nitrogens with zero attached hydrogens (tertiary/aromatic N) is 4. The molecule has 0 bridgehead atoms. The van der Waals surface area contributed by atoms with E-state index in [2.05, 4.69) is 10.2 Å². The van der Waals surface area contributed by atoms with Crippen molar-refractivity contribution in [1.29, 1.82) is 0 Å². The average Bonchev–Trinajstić information content (AvgIpc) is 2.71. The van der Waals surface area contributed by atoms with Gasteiger partial charge in [0.2, 0.25) is 5.91 Å². The van der Waals surface area contributed by atoms with Crippen molar-refractivity contribution in [3.05, 3.63) is 6.20 Å². The lowest BCUT2D eigenvalue weighted by atomic mass is 10.3. The van der Waals surface area contributed by atoms with Gasteiger partial charge in [0.25, 0.3) is 0 Å². The fourth-order valence-electron chi connectivity index (χ4n) is 1.85. The highest BCUT2D eigenvalue weighted by Crippen LogP contribution is 2.23. The molecule has 2 rings (SSSR count). The van der Waals surface area contributed by atoms with Crippen molar-refractivity contribution in [3.63, 3.8) is 0 Å². The number of likely N-dealkylation sites (tertiary alicyclic amines) is 1. The fourth-order valence-corrected chi connectivity index (χ4v) is 1.85. The molecule has 15 heavy (non-hydrogen) atoms. The van der Waals surface area contributed by atoms with E-state index in [4.69, 9.17) is 5.73 Å². The summed E-state index contributed by atoms with van der Waals surface area (Å²) in [5.74, 6) is 0.436. The Bertz CT molecular complexity index is 372. The van der Waals surface area contributed by atoms with E-state index in [9.17, 15) is 4.79 Å². The van der Waals surface area contributed by atoms with Crippen LogP contribution < -0.4 is 5.73 Å². The summed E-state index contributed by atoms with van der Waals surface area (Å²) in [5, 5.41) is 7.95. The SMILES string of the molecule is CC(C)N1CCC(n2ncc(N)n2)C1=O. The number of aromatic nitrogens is 3. The Hall–Kier alpha value is -1.59. The summed E-state index contributed by atoms with van der Waals surface area (Å²) in [6, 6.07) is -0.0416. The van der Waals surface area contributed by atoms with Crippen molar-refractivity contribution in [1.82, 2.24) is 19.9 Å². The van der Waals surface area contributed by atoms with Gasteiger partial charge in [0.15, 0.2) is 11.9 Å². The van der Waals surface area contributed by atoms with E-state index in [1.54, 1.807) is 0 Å². The molecular weight excluding hydrogens is 194 g/mol. The Morgan fingerprint density at radius 3 is 2.80 bits per heavy atom. The van der Waals surface area contributed by atoms with Gasteiger partial charge in [0.05, 0.1) is 6.20 Å². The van der Waals surface area contributed by atoms with Crippen LogP contribution in [0.15, 0.2) is 6.20 Å². The number of nitrogen functional groups attached to an aromatic ring is 1. The molecule has 1 unspecified atom stereocenters. The molecule has 2 heterocycles. The van der Waals surface area contributed by atoms with Gasteiger partial charge in [-0.2, -0.15) is 9.90 Å². The molecule has 1 aromatic rings. The second-order valence-electron chi connectivity index (χ2n) is 4.02. The third kappa shape index (κ3) is 1.67. The van der Waals surface area contributed by atoms with Gasteiger partial charge in [0, 0.05) is 12.6 Å². The minimum absolute atomic E-state index is 0.0839. The molecule has 1 amide bonds. The van der Waals surface area contributed by atoms with Crippen molar-refractivity contribution >= 4 is 11.7 Å². The highest BCUT2D eigenvalue weighted by molar-refractivity contribution is 5.82. The van der Waals surface area contributed by atoms with Gasteiger partial charge in [-0.1, -0.05) is 0 Å². The van der Waals surface area contributed by atoms with E-state index in [1.807, 2.05) is 18.7 Å². The Morgan fingerprint density at radius 1 is 1.60 bits per heavy atom. The number of rotatable bonds is 2. The van der Waals surface area contributed by atoms with Crippen LogP contribution in [-0.4, -0.2) is 38.4 Å². The van der Waals surface area contributed by atoms with Gasteiger partial charge in [-0.15, -0.1) is 5.10 Å². The summed E-state index contributed by atoms with van der Waals surface area (Å²) >= 11 is 0. The highest BCUT2D eigenvalue weighted by atomic mass is 16.2. The van der Waals surface area contributed by atoms with Crippen molar-refractivity contribution in [2.24, 2.45) is 0 Å². The first kappa shape index (κ1) is 9.95. The first-order chi connectivity index (χ1) is 7.09. The van der Waals surface area contributed by atoms with E-state index in [0.717, 1.165) is 13.0 Å². The van der Waals surface area contributed by atoms with E-state index >= 15 is 0 Å². The minimum atomic E-state index is -0.273. The summed E-state index contributed by atoms with van der Waals surface area (Å²) in [4.78, 5) is 15.2. The first-order valence-electron chi connectivity index (χ1n) is 5.07. The summed E-state index contributed by atoms with van der Waals surface area (Å²) < 4.78 is 0. The predicted octanol–water partition coefficient (Wildman–Crippen LogP) is 0.0421. The summed E-state index contributed by atoms with van der Waals surface area (Å²) in [7, 11) is 0. The maximum atomic E-state index is 11.9. The van der Waals surface area contributed by atoms with Gasteiger partial charge in [-0.05, 0) is 20.3 Å². The van der Waals surface area contributed by atoms with E-state index < -0.39 is 0 Å². The molecule has 0 radical (unpaired) electrons. The zero-order valence-corrected chi connectivity index (χ0v) is 8.92. The van der Waals surface area contributed by atoms with Crippen LogP contribution in [0.4, 0.5) is 5.82 Å². The lowest BCUT2D eigenvalue weighted by molar-refractivity contribution is -0.132. The third-order valence-corrected chi connectivity index (χ3v) is 2.64. The first-order valence-corrected chi connectivity index (χ1v) is 5.07. The average molecular weight is 209 g/mol. The zero-order valence-electron chi connectivity index (χ0n) is 8.92. The van der Waals surface area contributed by atoms with Crippen molar-refractivity contribution in [2.45, 2.75) is 32.4 Å². The van der Waals surface area contributed by atoms with Crippen LogP contribution in [-0.2, 0) is 4.79 Å². The van der Waals surface area contributed by atoms with Crippen LogP contribution in [0, 0.1) is 0 Å². The smallest absolute Gasteiger partial charge is 0.249 e. The normalized spacial score (nSPS) is 21.7. The monoisotopic (exact) mass is 209 g/mol. The van der Waals surface area contributed by atoms with Gasteiger partial charge in [-0.3, -0.25) is 4.79 Å². The van der Waals surface area contributed by atoms with Crippen molar-refractivity contribution < 1.29 is 4.79 Å². The van der Waals surface area contributed by atoms with Crippen LogP contribution >= 0.6 is 0 Å². The number of hydrogen-bond donors (Lipinski definition) is 1. The number of carbonyl (C=O) groups excluding carboxylic acids is 1. The maximum Gasteiger partial charge on any atom is 0.249 e. The van der Waals surface area contributed by atoms with Crippen LogP contribution in [0.1, 0.15) is 26.3 Å². The quantitative estimate of drug-likeness (QED) is 0.746. The van der Waals surface area contributed by atoms with Crippen molar-refractivity contribution in [2.75, 3.05) is 12.3 Å². The summed E-state index contributed by atoms with van der Waals surface area (Å²) in [5.41, 5.74) is 5.47. The minimum Gasteiger partial charge on any atom is -0.381 e. The molecular formula is C9H15N5O. The van der Waals surface area contributed by atoms with Gasteiger partial charge in [-0.25, -0.2) is 0 Å². The third-order valence-electron chi connectivity index (χ3n) is 2.64. The van der Waals surface area contributed by atoms with Crippen LogP contribution in [0.2, 0.25) is 0 Å². The standard InChI is InChI=1S/C9H15N5O/c1-6(2)13-4-3-7(9(13)15)14-11-5-8(10)12-14/h5-7H,3-4H2,1-2H3,(H2,10,12).